The Kier molecular flexibility index (Phi) is 3.36. The van der Waals surface area contributed by atoms with Crippen LogP contribution in [0.25, 0.3) is 33.2 Å². The Balaban J connectivity index is 2.24. The largest absolute Gasteiger partial charge is 0.455 e. The Hall–Kier alpha value is -3.12. The molecule has 0 saturated carbocycles. The second kappa shape index (κ2) is 5.46. The maximum absolute atomic E-state index is 9.67. The summed E-state index contributed by atoms with van der Waals surface area (Å²) in [6, 6.07) is 14.7. The Labute approximate surface area is 146 Å². The lowest BCUT2D eigenvalue weighted by atomic mass is 9.96. The van der Waals surface area contributed by atoms with Gasteiger partial charge in [-0.2, -0.15) is 5.26 Å². The highest BCUT2D eigenvalue weighted by Crippen LogP contribution is 2.40. The number of hydrogen-bond donors (Lipinski definition) is 0. The van der Waals surface area contributed by atoms with Crippen LogP contribution in [-0.4, -0.2) is 0 Å². The zero-order chi connectivity index (χ0) is 17.7. The number of rotatable bonds is 1. The predicted octanol–water partition coefficient (Wildman–Crippen LogP) is 4.87. The summed E-state index contributed by atoms with van der Waals surface area (Å²) < 4.78 is 8.43. The summed E-state index contributed by atoms with van der Waals surface area (Å²) in [5, 5.41) is 11.6. The quantitative estimate of drug-likeness (QED) is 0.468. The number of furan rings is 1. The molecule has 0 saturated heterocycles. The van der Waals surface area contributed by atoms with Gasteiger partial charge in [0.2, 0.25) is 5.69 Å². The number of pyridine rings is 1. The van der Waals surface area contributed by atoms with Crippen molar-refractivity contribution >= 4 is 21.9 Å². The topological polar surface area (TPSA) is 40.8 Å². The van der Waals surface area contributed by atoms with Crippen molar-refractivity contribution in [3.63, 3.8) is 0 Å². The van der Waals surface area contributed by atoms with Crippen molar-refractivity contribution in [1.29, 1.82) is 5.26 Å². The first-order chi connectivity index (χ1) is 12.0. The predicted molar refractivity (Wildman–Crippen MR) is 99.3 cm³/mol. The second-order valence-electron chi connectivity index (χ2n) is 6.63. The number of hydrogen-bond acceptors (Lipinski definition) is 2. The van der Waals surface area contributed by atoms with Gasteiger partial charge in [-0.3, -0.25) is 0 Å². The van der Waals surface area contributed by atoms with Gasteiger partial charge in [0.25, 0.3) is 0 Å². The van der Waals surface area contributed by atoms with Gasteiger partial charge in [0.15, 0.2) is 6.20 Å². The number of aromatic nitrogens is 1. The average molecular weight is 327 g/mol. The summed E-state index contributed by atoms with van der Waals surface area (Å²) in [7, 11) is 2.03. The summed E-state index contributed by atoms with van der Waals surface area (Å²) in [6.45, 7) is 6.11. The van der Waals surface area contributed by atoms with Crippen molar-refractivity contribution in [1.82, 2.24) is 0 Å². The number of nitriles is 1. The van der Waals surface area contributed by atoms with Crippen LogP contribution in [0.5, 0.6) is 0 Å². The molecule has 0 unspecified atom stereocenters. The van der Waals surface area contributed by atoms with Crippen molar-refractivity contribution in [2.75, 3.05) is 0 Å². The monoisotopic (exact) mass is 327 g/mol. The first-order valence-corrected chi connectivity index (χ1v) is 8.34. The number of benzene rings is 2. The van der Waals surface area contributed by atoms with E-state index in [4.69, 9.17) is 4.42 Å². The van der Waals surface area contributed by atoms with E-state index in [1.54, 1.807) is 0 Å². The molecular formula is C22H19N2O+. The zero-order valence-electron chi connectivity index (χ0n) is 14.8. The van der Waals surface area contributed by atoms with E-state index in [0.717, 1.165) is 49.9 Å². The molecule has 2 heterocycles. The summed E-state index contributed by atoms with van der Waals surface area (Å²) in [5.41, 5.74) is 7.74. The van der Waals surface area contributed by atoms with Gasteiger partial charge in [-0.25, -0.2) is 4.57 Å². The van der Waals surface area contributed by atoms with Crippen LogP contribution in [0, 0.1) is 32.1 Å². The third kappa shape index (κ3) is 2.15. The van der Waals surface area contributed by atoms with Crippen LogP contribution < -0.4 is 4.57 Å². The van der Waals surface area contributed by atoms with Crippen molar-refractivity contribution in [2.45, 2.75) is 20.8 Å². The second-order valence-corrected chi connectivity index (χ2v) is 6.63. The standard InChI is InChI=1S/C22H19N2O/c1-13-8-9-16-20-17(12-23)14(2)11-15(3)21(20)25-22(16)19(13)18-7-5-6-10-24(18)4/h5-11H,1-4H3/q+1. The number of fused-ring (bicyclic) bond motifs is 3. The molecule has 0 atom stereocenters. The Morgan fingerprint density at radius 1 is 0.960 bits per heavy atom. The van der Waals surface area contributed by atoms with E-state index in [1.807, 2.05) is 45.3 Å². The number of aryl methyl sites for hydroxylation is 4. The first kappa shape index (κ1) is 15.4. The molecule has 0 aliphatic carbocycles. The minimum atomic E-state index is 0.701. The molecule has 0 aliphatic rings. The Morgan fingerprint density at radius 3 is 2.48 bits per heavy atom. The highest BCUT2D eigenvalue weighted by molar-refractivity contribution is 6.13. The van der Waals surface area contributed by atoms with Gasteiger partial charge in [0.1, 0.15) is 24.3 Å². The van der Waals surface area contributed by atoms with Crippen molar-refractivity contribution in [2.24, 2.45) is 7.05 Å². The average Bonchev–Trinajstić information content (AvgIpc) is 2.96. The maximum Gasteiger partial charge on any atom is 0.216 e. The van der Waals surface area contributed by atoms with Crippen LogP contribution >= 0.6 is 0 Å². The zero-order valence-corrected chi connectivity index (χ0v) is 14.8. The SMILES string of the molecule is Cc1ccc2c(oc3c(C)cc(C)c(C#N)c32)c1-c1cccc[n+]1C. The van der Waals surface area contributed by atoms with E-state index in [0.29, 0.717) is 5.56 Å². The van der Waals surface area contributed by atoms with Crippen LogP contribution in [0.4, 0.5) is 0 Å². The molecule has 2 aromatic carbocycles. The van der Waals surface area contributed by atoms with E-state index in [-0.39, 0.29) is 0 Å². The molecule has 0 radical (unpaired) electrons. The summed E-state index contributed by atoms with van der Waals surface area (Å²) in [5.74, 6) is 0. The Morgan fingerprint density at radius 2 is 1.76 bits per heavy atom. The molecule has 0 spiro atoms. The fraction of sp³-hybridized carbons (Fsp3) is 0.182. The lowest BCUT2D eigenvalue weighted by molar-refractivity contribution is -0.660. The minimum Gasteiger partial charge on any atom is -0.455 e. The molecule has 122 valence electrons. The third-order valence-corrected chi connectivity index (χ3v) is 4.92. The molecule has 0 bridgehead atoms. The molecule has 0 aliphatic heterocycles. The highest BCUT2D eigenvalue weighted by Gasteiger charge is 2.22. The summed E-state index contributed by atoms with van der Waals surface area (Å²) in [4.78, 5) is 0. The van der Waals surface area contributed by atoms with Crippen molar-refractivity contribution in [3.05, 3.63) is 64.8 Å². The molecule has 4 rings (SSSR count). The van der Waals surface area contributed by atoms with Gasteiger partial charge < -0.3 is 4.42 Å². The van der Waals surface area contributed by atoms with Crippen molar-refractivity contribution in [3.8, 4) is 17.3 Å². The van der Waals surface area contributed by atoms with Gasteiger partial charge in [-0.05, 0) is 43.5 Å². The van der Waals surface area contributed by atoms with Gasteiger partial charge in [-0.15, -0.1) is 0 Å². The van der Waals surface area contributed by atoms with E-state index < -0.39 is 0 Å². The third-order valence-electron chi connectivity index (χ3n) is 4.92. The van der Waals surface area contributed by atoms with Crippen LogP contribution in [0.1, 0.15) is 22.3 Å². The fourth-order valence-electron chi connectivity index (χ4n) is 3.69. The van der Waals surface area contributed by atoms with Crippen LogP contribution in [0.15, 0.2) is 47.0 Å². The molecule has 2 aromatic heterocycles. The molecule has 0 N–H and O–H groups in total. The molecular weight excluding hydrogens is 308 g/mol. The number of nitrogens with zero attached hydrogens (tertiary/aromatic N) is 2. The fourth-order valence-corrected chi connectivity index (χ4v) is 3.69. The van der Waals surface area contributed by atoms with E-state index in [2.05, 4.69) is 35.8 Å². The molecule has 0 fully saturated rings. The molecule has 4 aromatic rings. The Bertz CT molecular complexity index is 1190. The molecule has 25 heavy (non-hydrogen) atoms. The lowest BCUT2D eigenvalue weighted by Gasteiger charge is -2.05. The summed E-state index contributed by atoms with van der Waals surface area (Å²) in [6.07, 6.45) is 2.03. The van der Waals surface area contributed by atoms with Gasteiger partial charge in [0, 0.05) is 22.9 Å². The highest BCUT2D eigenvalue weighted by atomic mass is 16.3. The normalized spacial score (nSPS) is 11.2. The smallest absolute Gasteiger partial charge is 0.216 e. The molecule has 0 amide bonds. The van der Waals surface area contributed by atoms with Crippen LogP contribution in [-0.2, 0) is 7.05 Å². The van der Waals surface area contributed by atoms with E-state index in [1.165, 1.54) is 0 Å². The minimum absolute atomic E-state index is 0.701. The van der Waals surface area contributed by atoms with E-state index in [9.17, 15) is 5.26 Å². The maximum atomic E-state index is 9.67. The van der Waals surface area contributed by atoms with Crippen molar-refractivity contribution < 1.29 is 8.98 Å². The summed E-state index contributed by atoms with van der Waals surface area (Å²) >= 11 is 0. The van der Waals surface area contributed by atoms with Gasteiger partial charge >= 0.3 is 0 Å². The molecule has 3 nitrogen and oxygen atoms in total. The van der Waals surface area contributed by atoms with Gasteiger partial charge in [0.05, 0.1) is 11.1 Å². The molecule has 3 heteroatoms. The van der Waals surface area contributed by atoms with Gasteiger partial charge in [-0.1, -0.05) is 18.2 Å². The van der Waals surface area contributed by atoms with Crippen LogP contribution in [0.2, 0.25) is 0 Å². The van der Waals surface area contributed by atoms with Crippen LogP contribution in [0.3, 0.4) is 0 Å². The lowest BCUT2D eigenvalue weighted by Crippen LogP contribution is -2.30. The first-order valence-electron chi connectivity index (χ1n) is 8.34. The van der Waals surface area contributed by atoms with E-state index >= 15 is 0 Å².